The van der Waals surface area contributed by atoms with Gasteiger partial charge >= 0.3 is 12.1 Å². The molecule has 0 radical (unpaired) electrons. The molecular weight excluding hydrogens is 426 g/mol. The molecule has 8 nitrogen and oxygen atoms in total. The lowest BCUT2D eigenvalue weighted by Gasteiger charge is -2.34. The van der Waals surface area contributed by atoms with Crippen molar-refractivity contribution < 1.29 is 33.3 Å². The quantitative estimate of drug-likeness (QED) is 0.368. The molecule has 1 unspecified atom stereocenters. The summed E-state index contributed by atoms with van der Waals surface area (Å²) in [7, 11) is 3.52. The van der Waals surface area contributed by atoms with Crippen molar-refractivity contribution in [1.82, 2.24) is 4.90 Å². The third-order valence-corrected chi connectivity index (χ3v) is 5.21. The second-order valence-corrected chi connectivity index (χ2v) is 8.84. The number of likely N-dealkylation sites (N-methyl/N-ethyl adjacent to an activating group) is 1. The minimum absolute atomic E-state index is 0.0393. The Kier molecular flexibility index (Phi) is 7.61. The van der Waals surface area contributed by atoms with E-state index in [-0.39, 0.29) is 17.4 Å². The summed E-state index contributed by atoms with van der Waals surface area (Å²) in [5.41, 5.74) is 0.564. The number of methoxy groups -OCH3 is 1. The normalized spacial score (nSPS) is 16.7. The van der Waals surface area contributed by atoms with Crippen LogP contribution in [0.3, 0.4) is 0 Å². The number of carbonyl (C=O) groups excluding carboxylic acids is 2. The molecule has 1 fully saturated rings. The first kappa shape index (κ1) is 24.5. The van der Waals surface area contributed by atoms with E-state index in [4.69, 9.17) is 23.7 Å². The molecule has 33 heavy (non-hydrogen) atoms. The van der Waals surface area contributed by atoms with Gasteiger partial charge in [0.05, 0.1) is 26.4 Å². The van der Waals surface area contributed by atoms with Gasteiger partial charge in [-0.2, -0.15) is 0 Å². The molecule has 0 saturated carbocycles. The van der Waals surface area contributed by atoms with E-state index in [1.54, 1.807) is 58.0 Å². The predicted octanol–water partition coefficient (Wildman–Crippen LogP) is 4.54. The van der Waals surface area contributed by atoms with Crippen LogP contribution in [0.25, 0.3) is 0 Å². The first-order chi connectivity index (χ1) is 15.6. The lowest BCUT2D eigenvalue weighted by atomic mass is 9.96. The summed E-state index contributed by atoms with van der Waals surface area (Å²) in [4.78, 5) is 27.8. The number of carbonyl (C=O) groups is 2. The zero-order valence-electron chi connectivity index (χ0n) is 20.0. The van der Waals surface area contributed by atoms with E-state index in [0.717, 1.165) is 12.1 Å². The molecule has 1 heterocycles. The van der Waals surface area contributed by atoms with Crippen LogP contribution in [0, 0.1) is 6.92 Å². The number of hydrogen-bond acceptors (Lipinski definition) is 8. The van der Waals surface area contributed by atoms with Gasteiger partial charge in [-0.3, -0.25) is 4.90 Å². The van der Waals surface area contributed by atoms with E-state index < -0.39 is 17.7 Å². The fraction of sp³-hybridized carbons (Fsp3) is 0.440. The van der Waals surface area contributed by atoms with Gasteiger partial charge in [-0.1, -0.05) is 18.2 Å². The third-order valence-electron chi connectivity index (χ3n) is 5.21. The first-order valence-electron chi connectivity index (χ1n) is 10.8. The van der Waals surface area contributed by atoms with Crippen molar-refractivity contribution in [1.29, 1.82) is 0 Å². The van der Waals surface area contributed by atoms with Crippen molar-refractivity contribution in [2.24, 2.45) is 0 Å². The van der Waals surface area contributed by atoms with Crippen LogP contribution in [0.1, 0.15) is 48.3 Å². The van der Waals surface area contributed by atoms with Gasteiger partial charge in [-0.05, 0) is 52.9 Å². The van der Waals surface area contributed by atoms with Crippen molar-refractivity contribution in [3.05, 3.63) is 53.1 Å². The van der Waals surface area contributed by atoms with E-state index in [9.17, 15) is 9.59 Å². The Labute approximate surface area is 194 Å². The molecule has 0 bridgehead atoms. The largest absolute Gasteiger partial charge is 0.514 e. The summed E-state index contributed by atoms with van der Waals surface area (Å²) in [5, 5.41) is 0. The number of rotatable bonds is 5. The number of ether oxygens (including phenoxy) is 5. The molecule has 178 valence electrons. The van der Waals surface area contributed by atoms with Gasteiger partial charge in [-0.25, -0.2) is 9.59 Å². The molecule has 8 heteroatoms. The van der Waals surface area contributed by atoms with E-state index in [2.05, 4.69) is 4.90 Å². The van der Waals surface area contributed by atoms with Crippen LogP contribution in [0.5, 0.6) is 17.2 Å². The number of hydrogen-bond donors (Lipinski definition) is 0. The Bertz CT molecular complexity index is 998. The Balaban J connectivity index is 2.08. The molecule has 1 saturated heterocycles. The summed E-state index contributed by atoms with van der Waals surface area (Å²) in [5.74, 6) is 0.246. The maximum Gasteiger partial charge on any atom is 0.514 e. The lowest BCUT2D eigenvalue weighted by molar-refractivity contribution is 0.00400. The van der Waals surface area contributed by atoms with E-state index in [1.807, 2.05) is 13.1 Å². The Morgan fingerprint density at radius 2 is 1.82 bits per heavy atom. The van der Waals surface area contributed by atoms with E-state index in [1.165, 1.54) is 7.11 Å². The van der Waals surface area contributed by atoms with Gasteiger partial charge in [0.25, 0.3) is 0 Å². The van der Waals surface area contributed by atoms with Crippen LogP contribution in [0.2, 0.25) is 0 Å². The summed E-state index contributed by atoms with van der Waals surface area (Å²) in [6.45, 7) is 8.72. The van der Waals surface area contributed by atoms with Crippen LogP contribution >= 0.6 is 0 Å². The maximum atomic E-state index is 13.2. The highest BCUT2D eigenvalue weighted by Gasteiger charge is 2.32. The topological polar surface area (TPSA) is 83.5 Å². The van der Waals surface area contributed by atoms with Crippen molar-refractivity contribution in [2.45, 2.75) is 39.3 Å². The molecule has 2 aromatic carbocycles. The number of para-hydroxylation sites is 1. The fourth-order valence-corrected chi connectivity index (χ4v) is 3.67. The predicted molar refractivity (Wildman–Crippen MR) is 122 cm³/mol. The molecule has 3 rings (SSSR count). The van der Waals surface area contributed by atoms with Gasteiger partial charge in [0, 0.05) is 17.7 Å². The molecule has 2 aromatic rings. The zero-order valence-corrected chi connectivity index (χ0v) is 20.0. The third kappa shape index (κ3) is 6.03. The van der Waals surface area contributed by atoms with Crippen LogP contribution in [-0.2, 0) is 9.47 Å². The highest BCUT2D eigenvalue weighted by atomic mass is 16.7. The first-order valence-corrected chi connectivity index (χ1v) is 10.8. The van der Waals surface area contributed by atoms with E-state index in [0.29, 0.717) is 30.3 Å². The van der Waals surface area contributed by atoms with Gasteiger partial charge in [0.2, 0.25) is 0 Å². The van der Waals surface area contributed by atoms with Crippen LogP contribution in [0.4, 0.5) is 4.79 Å². The SMILES string of the molecule is COc1c(C2COCCN2C)cc(OC(=O)OC(C)(C)C)c(C(=O)Oc2ccccc2)c1C. The molecule has 0 aliphatic carbocycles. The highest BCUT2D eigenvalue weighted by Crippen LogP contribution is 2.40. The molecular formula is C25H31NO7. The average molecular weight is 458 g/mol. The van der Waals surface area contributed by atoms with Crippen LogP contribution in [0.15, 0.2) is 36.4 Å². The molecule has 0 amide bonds. The molecule has 0 spiro atoms. The lowest BCUT2D eigenvalue weighted by Crippen LogP contribution is -2.37. The average Bonchev–Trinajstić information content (AvgIpc) is 2.73. The van der Waals surface area contributed by atoms with Gasteiger partial charge in [0.1, 0.15) is 28.4 Å². The summed E-state index contributed by atoms with van der Waals surface area (Å²) >= 11 is 0. The molecule has 1 atom stereocenters. The summed E-state index contributed by atoms with van der Waals surface area (Å²) in [6, 6.07) is 10.2. The van der Waals surface area contributed by atoms with Crippen LogP contribution in [-0.4, -0.2) is 56.5 Å². The van der Waals surface area contributed by atoms with Crippen molar-refractivity contribution in [2.75, 3.05) is 33.9 Å². The van der Waals surface area contributed by atoms with Crippen molar-refractivity contribution >= 4 is 12.1 Å². The number of nitrogens with zero attached hydrogens (tertiary/aromatic N) is 1. The maximum absolute atomic E-state index is 13.2. The molecule has 0 aromatic heterocycles. The second kappa shape index (κ2) is 10.2. The standard InChI is InChI=1S/C25H31NO7/c1-16-21(23(27)31-17-10-8-7-9-11-17)20(32-24(28)33-25(2,3)4)14-18(22(16)29-6)19-15-30-13-12-26(19)5/h7-11,14,19H,12-13,15H2,1-6H3. The fourth-order valence-electron chi connectivity index (χ4n) is 3.67. The number of esters is 1. The second-order valence-electron chi connectivity index (χ2n) is 8.84. The Hall–Kier alpha value is -3.10. The van der Waals surface area contributed by atoms with Gasteiger partial charge in [-0.15, -0.1) is 0 Å². The molecule has 0 N–H and O–H groups in total. The molecule has 1 aliphatic rings. The van der Waals surface area contributed by atoms with Crippen molar-refractivity contribution in [3.63, 3.8) is 0 Å². The zero-order chi connectivity index (χ0) is 24.2. The Morgan fingerprint density at radius 3 is 2.42 bits per heavy atom. The smallest absolute Gasteiger partial charge is 0.496 e. The van der Waals surface area contributed by atoms with E-state index >= 15 is 0 Å². The van der Waals surface area contributed by atoms with Crippen LogP contribution < -0.4 is 14.2 Å². The van der Waals surface area contributed by atoms with Gasteiger partial charge < -0.3 is 23.7 Å². The molecule has 1 aliphatic heterocycles. The summed E-state index contributed by atoms with van der Waals surface area (Å²) < 4.78 is 27.8. The van der Waals surface area contributed by atoms with Crippen molar-refractivity contribution in [3.8, 4) is 17.2 Å². The number of benzene rings is 2. The number of morpholine rings is 1. The Morgan fingerprint density at radius 1 is 1.12 bits per heavy atom. The highest BCUT2D eigenvalue weighted by molar-refractivity contribution is 5.97. The van der Waals surface area contributed by atoms with Gasteiger partial charge in [0.15, 0.2) is 0 Å². The monoisotopic (exact) mass is 457 g/mol. The minimum Gasteiger partial charge on any atom is -0.496 e. The summed E-state index contributed by atoms with van der Waals surface area (Å²) in [6.07, 6.45) is -0.917. The minimum atomic E-state index is -0.917.